The third kappa shape index (κ3) is 14.1. The number of allylic oxidation sites excluding steroid dienone is 3. The van der Waals surface area contributed by atoms with Crippen molar-refractivity contribution in [2.45, 2.75) is 152 Å². The molecule has 48 heavy (non-hydrogen) atoms. The molecule has 0 N–H and O–H groups in total. The molecule has 0 spiro atoms. The molecule has 3 aromatic rings. The first kappa shape index (κ1) is 42.8. The van der Waals surface area contributed by atoms with Crippen LogP contribution in [0.5, 0.6) is 0 Å². The summed E-state index contributed by atoms with van der Waals surface area (Å²) in [6.07, 6.45) is 12.3. The highest BCUT2D eigenvalue weighted by molar-refractivity contribution is 5.32. The van der Waals surface area contributed by atoms with E-state index in [1.807, 2.05) is 24.7 Å². The Labute approximate surface area is 297 Å². The second-order valence-electron chi connectivity index (χ2n) is 15.5. The molecule has 3 heterocycles. The molecular weight excluding hydrogens is 583 g/mol. The molecule has 0 fully saturated rings. The summed E-state index contributed by atoms with van der Waals surface area (Å²) in [5.41, 5.74) is 9.89. The van der Waals surface area contributed by atoms with Crippen LogP contribution in [0.25, 0.3) is 0 Å². The van der Waals surface area contributed by atoms with Crippen molar-refractivity contribution in [1.82, 2.24) is 14.9 Å². The third-order valence-electron chi connectivity index (χ3n) is 8.66. The maximum Gasteiger partial charge on any atom is 0.0463 e. The van der Waals surface area contributed by atoms with Crippen LogP contribution < -0.4 is 0 Å². The van der Waals surface area contributed by atoms with Crippen LogP contribution in [-0.4, -0.2) is 27.5 Å². The van der Waals surface area contributed by atoms with Crippen molar-refractivity contribution < 1.29 is 0 Å². The first-order valence-corrected chi connectivity index (χ1v) is 18.6. The maximum absolute atomic E-state index is 4.40. The van der Waals surface area contributed by atoms with Crippen molar-refractivity contribution in [1.29, 1.82) is 0 Å². The van der Waals surface area contributed by atoms with E-state index in [0.717, 1.165) is 6.54 Å². The fraction of sp³-hybridized carbons (Fsp3) is 0.556. The second-order valence-corrected chi connectivity index (χ2v) is 15.5. The van der Waals surface area contributed by atoms with E-state index in [2.05, 4.69) is 180 Å². The van der Waals surface area contributed by atoms with Crippen molar-refractivity contribution in [3.63, 3.8) is 0 Å². The third-order valence-corrected chi connectivity index (χ3v) is 8.66. The summed E-state index contributed by atoms with van der Waals surface area (Å²) in [5.74, 6) is 4.21. The smallest absolute Gasteiger partial charge is 0.0463 e. The van der Waals surface area contributed by atoms with Gasteiger partial charge in [0.15, 0.2) is 0 Å². The molecule has 0 saturated carbocycles. The van der Waals surface area contributed by atoms with Crippen LogP contribution in [0.1, 0.15) is 180 Å². The van der Waals surface area contributed by atoms with Crippen molar-refractivity contribution in [3.8, 4) is 0 Å². The molecule has 0 saturated heterocycles. The summed E-state index contributed by atoms with van der Waals surface area (Å²) < 4.78 is 0. The predicted octanol–water partition coefficient (Wildman–Crippen LogP) is 13.4. The van der Waals surface area contributed by atoms with Gasteiger partial charge in [-0.1, -0.05) is 139 Å². The molecule has 1 aliphatic rings. The van der Waals surface area contributed by atoms with Gasteiger partial charge < -0.3 is 4.90 Å². The van der Waals surface area contributed by atoms with Crippen LogP contribution >= 0.6 is 0 Å². The number of rotatable bonds is 8. The van der Waals surface area contributed by atoms with Crippen LogP contribution in [0, 0.1) is 5.92 Å². The fourth-order valence-electron chi connectivity index (χ4n) is 5.96. The molecule has 4 rings (SSSR count). The summed E-state index contributed by atoms with van der Waals surface area (Å²) in [7, 11) is 0. The Hall–Kier alpha value is -3.20. The molecule has 0 atom stereocenters. The minimum atomic E-state index is 0.531. The molecular formula is C45H71N3. The minimum absolute atomic E-state index is 0.531. The number of benzene rings is 1. The summed E-state index contributed by atoms with van der Waals surface area (Å²) in [4.78, 5) is 11.0. The molecule has 0 aliphatic carbocycles. The van der Waals surface area contributed by atoms with Crippen molar-refractivity contribution in [2.24, 2.45) is 5.92 Å². The van der Waals surface area contributed by atoms with E-state index < -0.39 is 0 Å². The van der Waals surface area contributed by atoms with Gasteiger partial charge in [0, 0.05) is 42.6 Å². The monoisotopic (exact) mass is 654 g/mol. The standard InChI is InChI=1S/C12H18.C11H17N.C11H19N.C11H17N/c1-9(2)11-7-5-6-8-12(11)10(3)4;1-8(2)10-5-6-12-7-11(10)9(3)4;1-9(2)11-7-5-6-8-12(11)10(3)4;1-8(2)10-6-5-7-12-11(10)9(3)4/h5-10H,1-4H3;5-9H,1-4H3;5-7,9-10H,8H2,1-4H3;5-9H,1-4H3. The quantitative estimate of drug-likeness (QED) is 0.242. The highest BCUT2D eigenvalue weighted by atomic mass is 15.2. The summed E-state index contributed by atoms with van der Waals surface area (Å²) in [5, 5.41) is 0. The van der Waals surface area contributed by atoms with Gasteiger partial charge in [0.05, 0.1) is 0 Å². The molecule has 0 amide bonds. The van der Waals surface area contributed by atoms with Gasteiger partial charge in [-0.05, 0) is 101 Å². The van der Waals surface area contributed by atoms with E-state index >= 15 is 0 Å². The Bertz CT molecular complexity index is 1160. The van der Waals surface area contributed by atoms with Crippen LogP contribution in [0.3, 0.4) is 0 Å². The molecule has 3 nitrogen and oxygen atoms in total. The zero-order valence-corrected chi connectivity index (χ0v) is 33.7. The molecule has 0 unspecified atom stereocenters. The van der Waals surface area contributed by atoms with E-state index in [9.17, 15) is 0 Å². The largest absolute Gasteiger partial charge is 0.368 e. The SMILES string of the molecule is CC(C)C1=CC=CCN1C(C)C.CC(C)c1ccccc1C(C)C.CC(C)c1cccnc1C(C)C.CC(C)c1ccncc1C(C)C. The Balaban J connectivity index is 0.000000320. The first-order chi connectivity index (χ1) is 22.5. The van der Waals surface area contributed by atoms with Crippen molar-refractivity contribution >= 4 is 0 Å². The zero-order valence-electron chi connectivity index (χ0n) is 33.7. The number of hydrogen-bond donors (Lipinski definition) is 0. The van der Waals surface area contributed by atoms with Gasteiger partial charge in [-0.15, -0.1) is 0 Å². The van der Waals surface area contributed by atoms with Crippen LogP contribution in [0.15, 0.2) is 85.0 Å². The number of pyridine rings is 2. The normalized spacial score (nSPS) is 12.8. The second kappa shape index (κ2) is 21.7. The summed E-state index contributed by atoms with van der Waals surface area (Å²) in [6.45, 7) is 36.7. The number of nitrogens with zero attached hydrogens (tertiary/aromatic N) is 3. The fourth-order valence-corrected chi connectivity index (χ4v) is 5.96. The maximum atomic E-state index is 4.40. The van der Waals surface area contributed by atoms with Crippen LogP contribution in [-0.2, 0) is 0 Å². The molecule has 3 heteroatoms. The van der Waals surface area contributed by atoms with Gasteiger partial charge in [-0.3, -0.25) is 9.97 Å². The molecule has 0 bridgehead atoms. The lowest BCUT2D eigenvalue weighted by atomic mass is 9.91. The Morgan fingerprint density at radius 1 is 0.500 bits per heavy atom. The van der Waals surface area contributed by atoms with Crippen molar-refractivity contribution in [3.05, 3.63) is 118 Å². The number of aromatic nitrogens is 2. The van der Waals surface area contributed by atoms with Crippen molar-refractivity contribution in [2.75, 3.05) is 6.54 Å². The zero-order chi connectivity index (χ0) is 36.6. The lowest BCUT2D eigenvalue weighted by Crippen LogP contribution is -2.33. The lowest BCUT2D eigenvalue weighted by molar-refractivity contribution is 0.281. The van der Waals surface area contributed by atoms with E-state index in [1.165, 1.54) is 39.2 Å². The van der Waals surface area contributed by atoms with Gasteiger partial charge in [-0.25, -0.2) is 0 Å². The van der Waals surface area contributed by atoms with E-state index in [-0.39, 0.29) is 0 Å². The number of hydrogen-bond acceptors (Lipinski definition) is 3. The van der Waals surface area contributed by atoms with E-state index in [4.69, 9.17) is 0 Å². The molecule has 266 valence electrons. The summed E-state index contributed by atoms with van der Waals surface area (Å²) in [6, 6.07) is 15.7. The topological polar surface area (TPSA) is 29.0 Å². The van der Waals surface area contributed by atoms with Crippen LogP contribution in [0.4, 0.5) is 0 Å². The average molecular weight is 654 g/mol. The molecule has 1 aromatic carbocycles. The Morgan fingerprint density at radius 3 is 1.35 bits per heavy atom. The van der Waals surface area contributed by atoms with Gasteiger partial charge in [-0.2, -0.15) is 0 Å². The summed E-state index contributed by atoms with van der Waals surface area (Å²) >= 11 is 0. The van der Waals surface area contributed by atoms with Crippen LogP contribution in [0.2, 0.25) is 0 Å². The highest BCUT2D eigenvalue weighted by Crippen LogP contribution is 2.26. The van der Waals surface area contributed by atoms with Gasteiger partial charge in [0.1, 0.15) is 0 Å². The molecule has 0 radical (unpaired) electrons. The lowest BCUT2D eigenvalue weighted by Gasteiger charge is -2.34. The average Bonchev–Trinajstić information content (AvgIpc) is 3.05. The van der Waals surface area contributed by atoms with Gasteiger partial charge in [0.2, 0.25) is 0 Å². The predicted molar refractivity (Wildman–Crippen MR) is 213 cm³/mol. The van der Waals surface area contributed by atoms with Gasteiger partial charge in [0.25, 0.3) is 0 Å². The van der Waals surface area contributed by atoms with E-state index in [0.29, 0.717) is 47.5 Å². The van der Waals surface area contributed by atoms with E-state index in [1.54, 1.807) is 0 Å². The minimum Gasteiger partial charge on any atom is -0.368 e. The molecule has 1 aliphatic heterocycles. The first-order valence-electron chi connectivity index (χ1n) is 18.6. The van der Waals surface area contributed by atoms with Gasteiger partial charge >= 0.3 is 0 Å². The Morgan fingerprint density at radius 2 is 0.979 bits per heavy atom. The molecule has 2 aromatic heterocycles. The highest BCUT2D eigenvalue weighted by Gasteiger charge is 2.16. The Kier molecular flexibility index (Phi) is 19.4.